The summed E-state index contributed by atoms with van der Waals surface area (Å²) in [5, 5.41) is 9.58. The molecule has 33 heavy (non-hydrogen) atoms. The minimum atomic E-state index is 0. The van der Waals surface area contributed by atoms with Gasteiger partial charge in [0, 0.05) is 47.6 Å². The average molecular weight is 486 g/mol. The SMILES string of the molecule is Cl.Cl.c1ccc2c(NCCCCCCCCCNc3ccnc4ccccc34)ccnc2c1. The number of halogens is 2. The maximum atomic E-state index is 4.42. The van der Waals surface area contributed by atoms with E-state index in [2.05, 4.69) is 69.1 Å². The third kappa shape index (κ3) is 7.76. The van der Waals surface area contributed by atoms with Crippen LogP contribution in [0.15, 0.2) is 73.1 Å². The number of unbranched alkanes of at least 4 members (excludes halogenated alkanes) is 6. The van der Waals surface area contributed by atoms with E-state index in [1.807, 2.05) is 24.5 Å². The summed E-state index contributed by atoms with van der Waals surface area (Å²) in [6.07, 6.45) is 12.8. The third-order valence-electron chi connectivity index (χ3n) is 5.78. The molecule has 0 saturated heterocycles. The van der Waals surface area contributed by atoms with Crippen LogP contribution in [-0.4, -0.2) is 23.1 Å². The first-order valence-corrected chi connectivity index (χ1v) is 11.6. The number of anilines is 2. The number of para-hydroxylation sites is 2. The molecule has 0 saturated carbocycles. The van der Waals surface area contributed by atoms with Gasteiger partial charge in [-0.1, -0.05) is 68.5 Å². The molecule has 0 bridgehead atoms. The molecule has 2 heterocycles. The minimum absolute atomic E-state index is 0. The van der Waals surface area contributed by atoms with E-state index in [1.54, 1.807) is 0 Å². The highest BCUT2D eigenvalue weighted by Gasteiger charge is 2.01. The van der Waals surface area contributed by atoms with E-state index < -0.39 is 0 Å². The average Bonchev–Trinajstić information content (AvgIpc) is 2.82. The van der Waals surface area contributed by atoms with Crippen molar-refractivity contribution < 1.29 is 0 Å². The fourth-order valence-electron chi connectivity index (χ4n) is 4.08. The Labute approximate surface area is 209 Å². The van der Waals surface area contributed by atoms with Crippen LogP contribution in [0.1, 0.15) is 44.9 Å². The molecule has 0 fully saturated rings. The number of nitrogens with one attached hydrogen (secondary N) is 2. The largest absolute Gasteiger partial charge is 0.384 e. The summed E-state index contributed by atoms with van der Waals surface area (Å²) in [7, 11) is 0. The van der Waals surface area contributed by atoms with Crippen LogP contribution in [0.3, 0.4) is 0 Å². The van der Waals surface area contributed by atoms with Gasteiger partial charge in [0.25, 0.3) is 0 Å². The summed E-state index contributed by atoms with van der Waals surface area (Å²) in [4.78, 5) is 8.85. The monoisotopic (exact) mass is 484 g/mol. The van der Waals surface area contributed by atoms with Gasteiger partial charge in [0.1, 0.15) is 0 Å². The molecule has 6 heteroatoms. The van der Waals surface area contributed by atoms with Gasteiger partial charge in [-0.05, 0) is 37.1 Å². The topological polar surface area (TPSA) is 49.8 Å². The number of hydrogen-bond donors (Lipinski definition) is 2. The molecule has 4 nitrogen and oxygen atoms in total. The van der Waals surface area contributed by atoms with Crippen molar-refractivity contribution in [3.05, 3.63) is 73.1 Å². The van der Waals surface area contributed by atoms with Gasteiger partial charge in [-0.3, -0.25) is 9.97 Å². The smallest absolute Gasteiger partial charge is 0.0722 e. The highest BCUT2D eigenvalue weighted by atomic mass is 35.5. The molecule has 2 aromatic heterocycles. The maximum absolute atomic E-state index is 4.42. The van der Waals surface area contributed by atoms with E-state index >= 15 is 0 Å². The molecular formula is C27H34Cl2N4. The van der Waals surface area contributed by atoms with Gasteiger partial charge in [-0.25, -0.2) is 0 Å². The van der Waals surface area contributed by atoms with Gasteiger partial charge in [-0.2, -0.15) is 0 Å². The Morgan fingerprint density at radius 3 is 1.33 bits per heavy atom. The summed E-state index contributed by atoms with van der Waals surface area (Å²) < 4.78 is 0. The molecule has 0 spiro atoms. The van der Waals surface area contributed by atoms with E-state index in [0.29, 0.717) is 0 Å². The Balaban J connectivity index is 0.00000193. The zero-order valence-corrected chi connectivity index (χ0v) is 20.6. The molecule has 4 rings (SSSR count). The first-order valence-electron chi connectivity index (χ1n) is 11.6. The van der Waals surface area contributed by atoms with Crippen LogP contribution in [0.4, 0.5) is 11.4 Å². The second-order valence-corrected chi connectivity index (χ2v) is 8.08. The lowest BCUT2D eigenvalue weighted by atomic mass is 10.1. The summed E-state index contributed by atoms with van der Waals surface area (Å²) >= 11 is 0. The number of rotatable bonds is 12. The van der Waals surface area contributed by atoms with Crippen molar-refractivity contribution >= 4 is 58.0 Å². The number of benzene rings is 2. The van der Waals surface area contributed by atoms with Gasteiger partial charge in [0.05, 0.1) is 11.0 Å². The van der Waals surface area contributed by atoms with Gasteiger partial charge >= 0.3 is 0 Å². The molecule has 0 aliphatic carbocycles. The zero-order chi connectivity index (χ0) is 21.1. The van der Waals surface area contributed by atoms with E-state index in [9.17, 15) is 0 Å². The molecule has 176 valence electrons. The number of nitrogens with zero attached hydrogens (tertiary/aromatic N) is 2. The molecule has 4 aromatic rings. The molecule has 2 aromatic carbocycles. The Morgan fingerprint density at radius 2 is 0.879 bits per heavy atom. The van der Waals surface area contributed by atoms with Crippen LogP contribution in [0.25, 0.3) is 21.8 Å². The van der Waals surface area contributed by atoms with Gasteiger partial charge in [0.15, 0.2) is 0 Å². The second-order valence-electron chi connectivity index (χ2n) is 8.08. The molecule has 0 aliphatic rings. The van der Waals surface area contributed by atoms with E-state index in [-0.39, 0.29) is 24.8 Å². The summed E-state index contributed by atoms with van der Waals surface area (Å²) in [6.45, 7) is 2.05. The fourth-order valence-corrected chi connectivity index (χ4v) is 4.08. The lowest BCUT2D eigenvalue weighted by Crippen LogP contribution is -2.03. The number of aromatic nitrogens is 2. The van der Waals surface area contributed by atoms with Crippen molar-refractivity contribution in [3.63, 3.8) is 0 Å². The van der Waals surface area contributed by atoms with Crippen LogP contribution in [0.2, 0.25) is 0 Å². The van der Waals surface area contributed by atoms with Crippen LogP contribution < -0.4 is 10.6 Å². The predicted octanol–water partition coefficient (Wildman–Crippen LogP) is 7.88. The molecule has 0 atom stereocenters. The van der Waals surface area contributed by atoms with Crippen molar-refractivity contribution in [2.24, 2.45) is 0 Å². The molecule has 0 aliphatic heterocycles. The van der Waals surface area contributed by atoms with E-state index in [0.717, 1.165) is 24.1 Å². The lowest BCUT2D eigenvalue weighted by Gasteiger charge is -2.10. The quantitative estimate of drug-likeness (QED) is 0.200. The van der Waals surface area contributed by atoms with Crippen molar-refractivity contribution in [1.29, 1.82) is 0 Å². The van der Waals surface area contributed by atoms with Crippen LogP contribution in [-0.2, 0) is 0 Å². The zero-order valence-electron chi connectivity index (χ0n) is 19.0. The van der Waals surface area contributed by atoms with Gasteiger partial charge in [-0.15, -0.1) is 24.8 Å². The third-order valence-corrected chi connectivity index (χ3v) is 5.78. The first-order chi connectivity index (χ1) is 15.4. The standard InChI is InChI=1S/C27H32N4.2ClH/c1(2-4-10-18-28-26-16-20-30-24-14-8-6-12-22(24)26)3-5-11-19-29-27-17-21-31-25-15-9-7-13-23(25)27;;/h6-9,12-17,20-21H,1-5,10-11,18-19H2,(H,28,30)(H,29,31);2*1H. The predicted molar refractivity (Wildman–Crippen MR) is 147 cm³/mol. The fraction of sp³-hybridized carbons (Fsp3) is 0.333. The Bertz CT molecular complexity index is 1010. The highest BCUT2D eigenvalue weighted by Crippen LogP contribution is 2.22. The van der Waals surface area contributed by atoms with E-state index in [1.165, 1.54) is 67.1 Å². The highest BCUT2D eigenvalue weighted by molar-refractivity contribution is 5.91. The molecule has 2 N–H and O–H groups in total. The van der Waals surface area contributed by atoms with E-state index in [4.69, 9.17) is 0 Å². The Hall–Kier alpha value is -2.56. The van der Waals surface area contributed by atoms with Gasteiger partial charge < -0.3 is 10.6 Å². The molecule has 0 amide bonds. The number of fused-ring (bicyclic) bond motifs is 2. The molecule has 0 radical (unpaired) electrons. The van der Waals surface area contributed by atoms with Crippen molar-refractivity contribution in [3.8, 4) is 0 Å². The van der Waals surface area contributed by atoms with Crippen LogP contribution >= 0.6 is 24.8 Å². The number of pyridine rings is 2. The minimum Gasteiger partial charge on any atom is -0.384 e. The summed E-state index contributed by atoms with van der Waals surface area (Å²) in [5.74, 6) is 0. The molecule has 0 unspecified atom stereocenters. The summed E-state index contributed by atoms with van der Waals surface area (Å²) in [5.41, 5.74) is 4.50. The van der Waals surface area contributed by atoms with Gasteiger partial charge in [0.2, 0.25) is 0 Å². The summed E-state index contributed by atoms with van der Waals surface area (Å²) in [6, 6.07) is 20.8. The second kappa shape index (κ2) is 14.6. The van der Waals surface area contributed by atoms with Crippen molar-refractivity contribution in [2.45, 2.75) is 44.9 Å². The van der Waals surface area contributed by atoms with Crippen molar-refractivity contribution in [2.75, 3.05) is 23.7 Å². The van der Waals surface area contributed by atoms with Crippen LogP contribution in [0.5, 0.6) is 0 Å². The lowest BCUT2D eigenvalue weighted by molar-refractivity contribution is 0.591. The Kier molecular flexibility index (Phi) is 11.8. The molecular weight excluding hydrogens is 451 g/mol. The van der Waals surface area contributed by atoms with Crippen molar-refractivity contribution in [1.82, 2.24) is 9.97 Å². The normalized spacial score (nSPS) is 10.4. The maximum Gasteiger partial charge on any atom is 0.0722 e. The Morgan fingerprint density at radius 1 is 0.485 bits per heavy atom. The number of hydrogen-bond acceptors (Lipinski definition) is 4. The first kappa shape index (κ1) is 26.7. The van der Waals surface area contributed by atoms with Crippen LogP contribution in [0, 0.1) is 0 Å².